The van der Waals surface area contributed by atoms with Crippen molar-refractivity contribution in [1.29, 1.82) is 0 Å². The van der Waals surface area contributed by atoms with E-state index < -0.39 is 5.82 Å². The molecule has 2 heterocycles. The lowest BCUT2D eigenvalue weighted by Gasteiger charge is -2.28. The highest BCUT2D eigenvalue weighted by Crippen LogP contribution is 2.29. The zero-order chi connectivity index (χ0) is 23.4. The van der Waals surface area contributed by atoms with Gasteiger partial charge in [0.1, 0.15) is 5.82 Å². The van der Waals surface area contributed by atoms with Crippen molar-refractivity contribution < 1.29 is 13.9 Å². The minimum Gasteiger partial charge on any atom is -0.378 e. The van der Waals surface area contributed by atoms with Gasteiger partial charge in [-0.3, -0.25) is 9.36 Å². The van der Waals surface area contributed by atoms with E-state index in [-0.39, 0.29) is 18.2 Å². The second-order valence-corrected chi connectivity index (χ2v) is 9.09. The zero-order valence-corrected chi connectivity index (χ0v) is 20.1. The third kappa shape index (κ3) is 5.31. The normalized spacial score (nSPS) is 13.9. The summed E-state index contributed by atoms with van der Waals surface area (Å²) in [6, 6.07) is 12.5. The molecule has 33 heavy (non-hydrogen) atoms. The van der Waals surface area contributed by atoms with Gasteiger partial charge >= 0.3 is 0 Å². The van der Waals surface area contributed by atoms with E-state index in [1.54, 1.807) is 19.2 Å². The Hall–Kier alpha value is -2.62. The molecule has 0 bridgehead atoms. The minimum atomic E-state index is -0.427. The number of hydrogen-bond acceptors (Lipinski definition) is 6. The molecule has 3 aromatic rings. The first kappa shape index (κ1) is 23.5. The summed E-state index contributed by atoms with van der Waals surface area (Å²) in [5, 5.41) is 9.76. The Morgan fingerprint density at radius 2 is 1.94 bits per heavy atom. The average Bonchev–Trinajstić information content (AvgIpc) is 3.24. The van der Waals surface area contributed by atoms with Crippen LogP contribution in [0.15, 0.2) is 47.6 Å². The van der Waals surface area contributed by atoms with Crippen LogP contribution in [0.3, 0.4) is 0 Å². The van der Waals surface area contributed by atoms with E-state index in [9.17, 15) is 9.18 Å². The largest absolute Gasteiger partial charge is 0.378 e. The maximum absolute atomic E-state index is 14.1. The molecule has 0 N–H and O–H groups in total. The first-order valence-corrected chi connectivity index (χ1v) is 12.0. The molecule has 1 fully saturated rings. The highest BCUT2D eigenvalue weighted by Gasteiger charge is 2.24. The molecule has 10 heteroatoms. The van der Waals surface area contributed by atoms with Crippen LogP contribution in [0.4, 0.5) is 10.3 Å². The smallest absolute Gasteiger partial charge is 0.233 e. The van der Waals surface area contributed by atoms with Crippen LogP contribution in [-0.4, -0.2) is 64.7 Å². The quantitative estimate of drug-likeness (QED) is 0.468. The van der Waals surface area contributed by atoms with Gasteiger partial charge in [-0.25, -0.2) is 4.39 Å². The number of benzene rings is 2. The van der Waals surface area contributed by atoms with Gasteiger partial charge in [0.25, 0.3) is 0 Å². The van der Waals surface area contributed by atoms with Crippen molar-refractivity contribution in [3.05, 3.63) is 64.4 Å². The standard InChI is InChI=1S/C23H25ClFN5O2S/c1-16-6-3-4-9-20(16)30-22(29-10-12-32-13-11-29)26-27-23(30)33-15-21(31)28(2)14-17-18(24)7-5-8-19(17)25/h3-9H,10-15H2,1-2H3. The molecule has 0 unspecified atom stereocenters. The molecular weight excluding hydrogens is 465 g/mol. The number of aryl methyl sites for hydroxylation is 1. The number of hydrogen-bond donors (Lipinski definition) is 0. The van der Waals surface area contributed by atoms with E-state index in [0.29, 0.717) is 29.0 Å². The van der Waals surface area contributed by atoms with Crippen molar-refractivity contribution in [2.45, 2.75) is 18.6 Å². The summed E-state index contributed by atoms with van der Waals surface area (Å²) in [6.45, 7) is 4.83. The summed E-state index contributed by atoms with van der Waals surface area (Å²) in [4.78, 5) is 16.4. The summed E-state index contributed by atoms with van der Waals surface area (Å²) in [6.07, 6.45) is 0. The number of nitrogens with zero attached hydrogens (tertiary/aromatic N) is 5. The lowest BCUT2D eigenvalue weighted by Crippen LogP contribution is -2.38. The van der Waals surface area contributed by atoms with Gasteiger partial charge in [0.15, 0.2) is 5.16 Å². The Bertz CT molecular complexity index is 1120. The number of thioether (sulfide) groups is 1. The molecule has 2 aromatic carbocycles. The predicted octanol–water partition coefficient (Wildman–Crippen LogP) is 3.96. The van der Waals surface area contributed by atoms with Crippen LogP contribution in [-0.2, 0) is 16.1 Å². The van der Waals surface area contributed by atoms with Crippen molar-refractivity contribution in [2.75, 3.05) is 44.0 Å². The molecule has 1 aromatic heterocycles. The first-order valence-electron chi connectivity index (χ1n) is 10.6. The zero-order valence-electron chi connectivity index (χ0n) is 18.5. The summed E-state index contributed by atoms with van der Waals surface area (Å²) < 4.78 is 21.6. The Kier molecular flexibility index (Phi) is 7.52. The molecule has 0 saturated carbocycles. The molecule has 0 aliphatic carbocycles. The van der Waals surface area contributed by atoms with Crippen molar-refractivity contribution in [3.8, 4) is 5.69 Å². The number of morpholine rings is 1. The maximum atomic E-state index is 14.1. The van der Waals surface area contributed by atoms with Crippen LogP contribution in [0, 0.1) is 12.7 Å². The molecule has 1 aliphatic rings. The summed E-state index contributed by atoms with van der Waals surface area (Å²) in [5.74, 6) is 0.278. The minimum absolute atomic E-state index is 0.0917. The molecule has 0 atom stereocenters. The fraction of sp³-hybridized carbons (Fsp3) is 0.348. The SMILES string of the molecule is Cc1ccccc1-n1c(SCC(=O)N(C)Cc2c(F)cccc2Cl)nnc1N1CCOCC1. The van der Waals surface area contributed by atoms with Gasteiger partial charge in [-0.1, -0.05) is 47.6 Å². The van der Waals surface area contributed by atoms with E-state index >= 15 is 0 Å². The fourth-order valence-electron chi connectivity index (χ4n) is 3.59. The Balaban J connectivity index is 1.53. The van der Waals surface area contributed by atoms with E-state index in [1.165, 1.54) is 22.7 Å². The third-order valence-corrected chi connectivity index (χ3v) is 6.74. The molecule has 0 spiro atoms. The highest BCUT2D eigenvalue weighted by molar-refractivity contribution is 7.99. The van der Waals surface area contributed by atoms with Crippen LogP contribution in [0.25, 0.3) is 5.69 Å². The first-order chi connectivity index (χ1) is 16.0. The van der Waals surface area contributed by atoms with Crippen LogP contribution in [0.5, 0.6) is 0 Å². The van der Waals surface area contributed by atoms with Crippen LogP contribution >= 0.6 is 23.4 Å². The van der Waals surface area contributed by atoms with Crippen LogP contribution in [0.2, 0.25) is 5.02 Å². The van der Waals surface area contributed by atoms with Gasteiger partial charge in [-0.05, 0) is 30.7 Å². The number of halogens is 2. The van der Waals surface area contributed by atoms with Crippen LogP contribution < -0.4 is 4.90 Å². The second-order valence-electron chi connectivity index (χ2n) is 7.74. The van der Waals surface area contributed by atoms with E-state index in [2.05, 4.69) is 15.1 Å². The van der Waals surface area contributed by atoms with Gasteiger partial charge in [0.05, 0.1) is 24.7 Å². The van der Waals surface area contributed by atoms with Crippen LogP contribution in [0.1, 0.15) is 11.1 Å². The summed E-state index contributed by atoms with van der Waals surface area (Å²) in [5.41, 5.74) is 2.34. The number of para-hydroxylation sites is 1. The molecule has 1 saturated heterocycles. The van der Waals surface area contributed by atoms with E-state index in [1.807, 2.05) is 35.8 Å². The molecule has 1 amide bonds. The van der Waals surface area contributed by atoms with E-state index in [4.69, 9.17) is 16.3 Å². The molecule has 7 nitrogen and oxygen atoms in total. The van der Waals surface area contributed by atoms with Crippen molar-refractivity contribution in [3.63, 3.8) is 0 Å². The van der Waals surface area contributed by atoms with Gasteiger partial charge in [-0.15, -0.1) is 10.2 Å². The summed E-state index contributed by atoms with van der Waals surface area (Å²) >= 11 is 7.42. The highest BCUT2D eigenvalue weighted by atomic mass is 35.5. The molecule has 1 aliphatic heterocycles. The van der Waals surface area contributed by atoms with Gasteiger partial charge in [0.2, 0.25) is 11.9 Å². The van der Waals surface area contributed by atoms with Crippen molar-refractivity contribution in [2.24, 2.45) is 0 Å². The molecule has 0 radical (unpaired) electrons. The van der Waals surface area contributed by atoms with Gasteiger partial charge in [0, 0.05) is 37.3 Å². The maximum Gasteiger partial charge on any atom is 0.233 e. The number of anilines is 1. The number of carbonyl (C=O) groups excluding carboxylic acids is 1. The Morgan fingerprint density at radius 3 is 2.67 bits per heavy atom. The fourth-order valence-corrected chi connectivity index (χ4v) is 4.70. The van der Waals surface area contributed by atoms with Gasteiger partial charge in [-0.2, -0.15) is 0 Å². The molecule has 4 rings (SSSR count). The Morgan fingerprint density at radius 1 is 1.18 bits per heavy atom. The summed E-state index contributed by atoms with van der Waals surface area (Å²) in [7, 11) is 1.64. The second kappa shape index (κ2) is 10.5. The Labute approximate surface area is 201 Å². The number of carbonyl (C=O) groups is 1. The average molecular weight is 490 g/mol. The van der Waals surface area contributed by atoms with Crippen molar-refractivity contribution >= 4 is 35.2 Å². The monoisotopic (exact) mass is 489 g/mol. The predicted molar refractivity (Wildman–Crippen MR) is 128 cm³/mol. The lowest BCUT2D eigenvalue weighted by molar-refractivity contribution is -0.127. The number of amides is 1. The number of aromatic nitrogens is 3. The van der Waals surface area contributed by atoms with E-state index in [0.717, 1.165) is 30.3 Å². The third-order valence-electron chi connectivity index (χ3n) is 5.47. The molecular formula is C23H25ClFN5O2S. The van der Waals surface area contributed by atoms with Gasteiger partial charge < -0.3 is 14.5 Å². The lowest BCUT2D eigenvalue weighted by atomic mass is 10.2. The number of ether oxygens (including phenoxy) is 1. The number of rotatable bonds is 7. The molecule has 174 valence electrons. The topological polar surface area (TPSA) is 63.5 Å². The van der Waals surface area contributed by atoms with Crippen molar-refractivity contribution in [1.82, 2.24) is 19.7 Å².